The van der Waals surface area contributed by atoms with Gasteiger partial charge in [0.05, 0.1) is 11.8 Å². The highest BCUT2D eigenvalue weighted by molar-refractivity contribution is 6.16. The highest BCUT2D eigenvalue weighted by Gasteiger charge is 2.56. The molecule has 2 fully saturated rings. The Hall–Kier alpha value is -4.65. The molecule has 0 bridgehead atoms. The molecule has 4 amide bonds. The molecule has 40 heavy (non-hydrogen) atoms. The van der Waals surface area contributed by atoms with Crippen molar-refractivity contribution < 1.29 is 37.4 Å². The monoisotopic (exact) mass is 555 g/mol. The number of halogens is 3. The molecule has 0 spiro atoms. The van der Waals surface area contributed by atoms with E-state index in [2.05, 4.69) is 20.9 Å². The Labute approximate surface area is 226 Å². The van der Waals surface area contributed by atoms with Crippen molar-refractivity contribution in [3.63, 3.8) is 0 Å². The highest BCUT2D eigenvalue weighted by Crippen LogP contribution is 2.47. The molecule has 1 saturated carbocycles. The van der Waals surface area contributed by atoms with E-state index >= 15 is 0 Å². The molecular weight excluding hydrogens is 531 g/mol. The van der Waals surface area contributed by atoms with Crippen molar-refractivity contribution in [1.82, 2.24) is 9.88 Å². The minimum atomic E-state index is -1.46. The summed E-state index contributed by atoms with van der Waals surface area (Å²) in [6.45, 7) is 0.575. The number of aliphatic hydroxyl groups is 1. The molecule has 1 saturated heterocycles. The third-order valence-electron chi connectivity index (χ3n) is 6.64. The standard InChI is InChI=1S/C27H24F3N5O5/c28-15-1-3-16(4-2-15)32-24(37)27(7-8-27)25(38)33-21-12-20(30)22(13-19(21)29)40-18-5-9-31-23(11-18)34-26(39)35-10-6-17(36)14-35/h1-5,9,11-13,17,36H,6-8,10,14H2,(H,32,37)(H,33,38)(H,31,34,39). The van der Waals surface area contributed by atoms with Crippen molar-refractivity contribution in [2.24, 2.45) is 5.41 Å². The minimum absolute atomic E-state index is 0.0521. The number of hydrogen-bond acceptors (Lipinski definition) is 6. The molecule has 0 radical (unpaired) electrons. The summed E-state index contributed by atoms with van der Waals surface area (Å²) in [5, 5.41) is 17.0. The Morgan fingerprint density at radius 2 is 1.68 bits per heavy atom. The normalized spacial score (nSPS) is 17.2. The zero-order valence-electron chi connectivity index (χ0n) is 20.9. The summed E-state index contributed by atoms with van der Waals surface area (Å²) in [5.41, 5.74) is -1.65. The largest absolute Gasteiger partial charge is 0.454 e. The first-order valence-corrected chi connectivity index (χ1v) is 12.4. The summed E-state index contributed by atoms with van der Waals surface area (Å²) in [4.78, 5) is 43.3. The number of nitrogens with one attached hydrogen (secondary N) is 3. The molecule has 4 N–H and O–H groups in total. The van der Waals surface area contributed by atoms with Gasteiger partial charge in [-0.15, -0.1) is 0 Å². The minimum Gasteiger partial charge on any atom is -0.454 e. The molecule has 1 aliphatic carbocycles. The fourth-order valence-electron chi connectivity index (χ4n) is 4.20. The van der Waals surface area contributed by atoms with Gasteiger partial charge in [0.25, 0.3) is 0 Å². The molecule has 208 valence electrons. The van der Waals surface area contributed by atoms with Crippen LogP contribution in [0, 0.1) is 22.9 Å². The molecule has 13 heteroatoms. The van der Waals surface area contributed by atoms with E-state index in [-0.39, 0.29) is 36.6 Å². The lowest BCUT2D eigenvalue weighted by Gasteiger charge is -2.17. The number of aliphatic hydroxyl groups excluding tert-OH is 1. The highest BCUT2D eigenvalue weighted by atomic mass is 19.1. The van der Waals surface area contributed by atoms with Crippen LogP contribution in [0.4, 0.5) is 35.2 Å². The molecule has 1 atom stereocenters. The zero-order chi connectivity index (χ0) is 28.4. The summed E-state index contributed by atoms with van der Waals surface area (Å²) in [5.74, 6) is -4.27. The molecular formula is C27H24F3N5O5. The summed E-state index contributed by atoms with van der Waals surface area (Å²) in [6, 6.07) is 8.68. The van der Waals surface area contributed by atoms with Crippen LogP contribution < -0.4 is 20.7 Å². The maximum Gasteiger partial charge on any atom is 0.323 e. The lowest BCUT2D eigenvalue weighted by Crippen LogP contribution is -2.35. The number of rotatable bonds is 7. The number of likely N-dealkylation sites (tertiary alicyclic amines) is 1. The fraction of sp³-hybridized carbons (Fsp3) is 0.259. The number of carbonyl (C=O) groups excluding carboxylic acids is 3. The topological polar surface area (TPSA) is 133 Å². The van der Waals surface area contributed by atoms with Crippen molar-refractivity contribution in [2.45, 2.75) is 25.4 Å². The number of anilines is 3. The van der Waals surface area contributed by atoms with Crippen LogP contribution in [0.5, 0.6) is 11.5 Å². The number of carbonyl (C=O) groups is 3. The third-order valence-corrected chi connectivity index (χ3v) is 6.64. The van der Waals surface area contributed by atoms with E-state index in [4.69, 9.17) is 4.74 Å². The maximum absolute atomic E-state index is 14.9. The first-order valence-electron chi connectivity index (χ1n) is 12.4. The van der Waals surface area contributed by atoms with Gasteiger partial charge in [-0.3, -0.25) is 14.9 Å². The predicted molar refractivity (Wildman–Crippen MR) is 137 cm³/mol. The van der Waals surface area contributed by atoms with Crippen molar-refractivity contribution in [3.05, 3.63) is 72.2 Å². The third kappa shape index (κ3) is 5.83. The Balaban J connectivity index is 1.23. The lowest BCUT2D eigenvalue weighted by molar-refractivity contribution is -0.131. The number of pyridine rings is 1. The summed E-state index contributed by atoms with van der Waals surface area (Å²) < 4.78 is 48.2. The summed E-state index contributed by atoms with van der Waals surface area (Å²) >= 11 is 0. The van der Waals surface area contributed by atoms with Crippen LogP contribution in [0.2, 0.25) is 0 Å². The summed E-state index contributed by atoms with van der Waals surface area (Å²) in [7, 11) is 0. The van der Waals surface area contributed by atoms with E-state index in [0.29, 0.717) is 13.0 Å². The van der Waals surface area contributed by atoms with Crippen LogP contribution in [0.15, 0.2) is 54.7 Å². The van der Waals surface area contributed by atoms with E-state index in [1.54, 1.807) is 0 Å². The van der Waals surface area contributed by atoms with Gasteiger partial charge in [0.2, 0.25) is 11.8 Å². The van der Waals surface area contributed by atoms with Crippen LogP contribution in [-0.2, 0) is 9.59 Å². The number of nitrogens with zero attached hydrogens (tertiary/aromatic N) is 2. The van der Waals surface area contributed by atoms with Crippen molar-refractivity contribution in [1.29, 1.82) is 0 Å². The second-order valence-electron chi connectivity index (χ2n) is 9.56. The number of benzene rings is 2. The molecule has 5 rings (SSSR count). The quantitative estimate of drug-likeness (QED) is 0.322. The van der Waals surface area contributed by atoms with E-state index < -0.39 is 58.3 Å². The van der Waals surface area contributed by atoms with Crippen LogP contribution >= 0.6 is 0 Å². The number of amides is 4. The zero-order valence-corrected chi connectivity index (χ0v) is 20.9. The van der Waals surface area contributed by atoms with Gasteiger partial charge in [-0.25, -0.2) is 22.9 Å². The van der Waals surface area contributed by atoms with Gasteiger partial charge >= 0.3 is 6.03 Å². The van der Waals surface area contributed by atoms with Gasteiger partial charge in [0, 0.05) is 43.2 Å². The maximum atomic E-state index is 14.9. The second-order valence-corrected chi connectivity index (χ2v) is 9.56. The van der Waals surface area contributed by atoms with Gasteiger partial charge in [0.15, 0.2) is 17.4 Å². The van der Waals surface area contributed by atoms with E-state index in [0.717, 1.165) is 24.3 Å². The van der Waals surface area contributed by atoms with Crippen LogP contribution in [0.1, 0.15) is 19.3 Å². The second kappa shape index (κ2) is 10.8. The molecule has 3 aromatic rings. The van der Waals surface area contributed by atoms with Gasteiger partial charge in [-0.2, -0.15) is 0 Å². The number of ether oxygens (including phenoxy) is 1. The lowest BCUT2D eigenvalue weighted by atomic mass is 10.0. The van der Waals surface area contributed by atoms with Gasteiger partial charge in [-0.1, -0.05) is 0 Å². The molecule has 2 aromatic carbocycles. The number of β-amino-alcohol motifs (C(OH)–C–C–N with tert-alkyl or cyclic N) is 1. The Morgan fingerprint density at radius 1 is 0.950 bits per heavy atom. The smallest absolute Gasteiger partial charge is 0.323 e. The molecule has 1 aliphatic heterocycles. The van der Waals surface area contributed by atoms with Gasteiger partial charge in [-0.05, 0) is 49.6 Å². The molecule has 10 nitrogen and oxygen atoms in total. The number of hydrogen-bond donors (Lipinski definition) is 4. The molecule has 1 aromatic heterocycles. The van der Waals surface area contributed by atoms with Crippen LogP contribution in [-0.4, -0.2) is 52.0 Å². The van der Waals surface area contributed by atoms with Gasteiger partial charge in [0.1, 0.15) is 22.8 Å². The van der Waals surface area contributed by atoms with Crippen LogP contribution in [0.25, 0.3) is 0 Å². The Kier molecular flexibility index (Phi) is 7.30. The van der Waals surface area contributed by atoms with Crippen molar-refractivity contribution >= 4 is 35.0 Å². The van der Waals surface area contributed by atoms with E-state index in [1.165, 1.54) is 35.4 Å². The van der Waals surface area contributed by atoms with Crippen molar-refractivity contribution in [2.75, 3.05) is 29.0 Å². The SMILES string of the molecule is O=C(Nc1cc(Oc2cc(F)c(NC(=O)C3(C(=O)Nc4ccc(F)cc4)CC3)cc2F)ccn1)N1CCC(O)C1. The molecule has 1 unspecified atom stereocenters. The first kappa shape index (κ1) is 26.9. The van der Waals surface area contributed by atoms with E-state index in [9.17, 15) is 32.7 Å². The predicted octanol–water partition coefficient (Wildman–Crippen LogP) is 4.25. The Bertz CT molecular complexity index is 1470. The van der Waals surface area contributed by atoms with Crippen molar-refractivity contribution in [3.8, 4) is 11.5 Å². The average Bonchev–Trinajstić information content (AvgIpc) is 3.63. The number of urea groups is 1. The van der Waals surface area contributed by atoms with Crippen LogP contribution in [0.3, 0.4) is 0 Å². The Morgan fingerprint density at radius 3 is 2.35 bits per heavy atom. The molecule has 2 heterocycles. The van der Waals surface area contributed by atoms with Gasteiger partial charge < -0.3 is 25.4 Å². The summed E-state index contributed by atoms with van der Waals surface area (Å²) in [6.07, 6.45) is 1.59. The molecule has 2 aliphatic rings. The first-order chi connectivity index (χ1) is 19.1. The number of aromatic nitrogens is 1. The van der Waals surface area contributed by atoms with E-state index in [1.807, 2.05) is 0 Å². The average molecular weight is 556 g/mol. The fourth-order valence-corrected chi connectivity index (χ4v) is 4.20.